The number of hydrogen-bond donors (Lipinski definition) is 1. The van der Waals surface area contributed by atoms with Crippen LogP contribution in [0.15, 0.2) is 18.2 Å². The van der Waals surface area contributed by atoms with Crippen molar-refractivity contribution in [3.8, 4) is 0 Å². The van der Waals surface area contributed by atoms with E-state index in [1.807, 2.05) is 0 Å². The van der Waals surface area contributed by atoms with Gasteiger partial charge in [0.2, 0.25) is 5.91 Å². The molecule has 1 amide bonds. The van der Waals surface area contributed by atoms with E-state index < -0.39 is 0 Å². The standard InChI is InChI=1S/C12H16N2O/c1-9-4-5-10-3-2-6-14(8-12(13)15)11(10)7-9/h4-5,7H,2-3,6,8H2,1H3,(H2,13,15). The number of carbonyl (C=O) groups excluding carboxylic acids is 1. The third-order valence-electron chi connectivity index (χ3n) is 2.80. The number of rotatable bonds is 2. The molecule has 1 aromatic carbocycles. The van der Waals surface area contributed by atoms with Gasteiger partial charge in [0, 0.05) is 12.2 Å². The molecule has 1 aromatic rings. The highest BCUT2D eigenvalue weighted by atomic mass is 16.1. The summed E-state index contributed by atoms with van der Waals surface area (Å²) >= 11 is 0. The van der Waals surface area contributed by atoms with Crippen LogP contribution in [0.1, 0.15) is 17.5 Å². The molecule has 2 N–H and O–H groups in total. The van der Waals surface area contributed by atoms with Gasteiger partial charge in [0.25, 0.3) is 0 Å². The first-order valence-corrected chi connectivity index (χ1v) is 5.29. The van der Waals surface area contributed by atoms with Crippen LogP contribution in [-0.2, 0) is 11.2 Å². The van der Waals surface area contributed by atoms with Crippen molar-refractivity contribution in [3.05, 3.63) is 29.3 Å². The highest BCUT2D eigenvalue weighted by molar-refractivity contribution is 5.80. The van der Waals surface area contributed by atoms with Gasteiger partial charge in [-0.25, -0.2) is 0 Å². The van der Waals surface area contributed by atoms with Crippen molar-refractivity contribution in [1.82, 2.24) is 0 Å². The number of fused-ring (bicyclic) bond motifs is 1. The fraction of sp³-hybridized carbons (Fsp3) is 0.417. The average Bonchev–Trinajstić information content (AvgIpc) is 2.18. The number of aryl methyl sites for hydroxylation is 2. The Morgan fingerprint density at radius 2 is 2.33 bits per heavy atom. The summed E-state index contributed by atoms with van der Waals surface area (Å²) in [7, 11) is 0. The van der Waals surface area contributed by atoms with Crippen molar-refractivity contribution in [2.24, 2.45) is 5.73 Å². The molecule has 0 atom stereocenters. The van der Waals surface area contributed by atoms with E-state index in [1.165, 1.54) is 16.8 Å². The third-order valence-corrected chi connectivity index (χ3v) is 2.80. The lowest BCUT2D eigenvalue weighted by molar-refractivity contribution is -0.116. The largest absolute Gasteiger partial charge is 0.368 e. The second-order valence-electron chi connectivity index (χ2n) is 4.12. The Morgan fingerprint density at radius 3 is 3.07 bits per heavy atom. The van der Waals surface area contributed by atoms with Crippen molar-refractivity contribution in [1.29, 1.82) is 0 Å². The van der Waals surface area contributed by atoms with Crippen molar-refractivity contribution in [2.75, 3.05) is 18.0 Å². The minimum Gasteiger partial charge on any atom is -0.368 e. The summed E-state index contributed by atoms with van der Waals surface area (Å²) in [5, 5.41) is 0. The van der Waals surface area contributed by atoms with E-state index >= 15 is 0 Å². The molecule has 0 saturated heterocycles. The number of carbonyl (C=O) groups is 1. The SMILES string of the molecule is Cc1ccc2c(c1)N(CC(N)=O)CCC2. The molecule has 0 unspecified atom stereocenters. The Morgan fingerprint density at radius 1 is 1.53 bits per heavy atom. The topological polar surface area (TPSA) is 46.3 Å². The first-order valence-electron chi connectivity index (χ1n) is 5.29. The van der Waals surface area contributed by atoms with Crippen LogP contribution in [-0.4, -0.2) is 19.0 Å². The predicted molar refractivity (Wildman–Crippen MR) is 60.9 cm³/mol. The smallest absolute Gasteiger partial charge is 0.236 e. The number of anilines is 1. The average molecular weight is 204 g/mol. The molecule has 0 spiro atoms. The molecule has 1 aliphatic rings. The quantitative estimate of drug-likeness (QED) is 0.787. The normalized spacial score (nSPS) is 14.9. The molecule has 1 aliphatic heterocycles. The van der Waals surface area contributed by atoms with Crippen molar-refractivity contribution >= 4 is 11.6 Å². The highest BCUT2D eigenvalue weighted by Crippen LogP contribution is 2.27. The lowest BCUT2D eigenvalue weighted by atomic mass is 10.00. The fourth-order valence-corrected chi connectivity index (χ4v) is 2.11. The Labute approximate surface area is 89.9 Å². The molecule has 15 heavy (non-hydrogen) atoms. The van der Waals surface area contributed by atoms with Crippen LogP contribution < -0.4 is 10.6 Å². The van der Waals surface area contributed by atoms with Crippen LogP contribution >= 0.6 is 0 Å². The van der Waals surface area contributed by atoms with E-state index in [-0.39, 0.29) is 5.91 Å². The zero-order chi connectivity index (χ0) is 10.8. The third kappa shape index (κ3) is 2.12. The van der Waals surface area contributed by atoms with Gasteiger partial charge in [-0.3, -0.25) is 4.79 Å². The van der Waals surface area contributed by atoms with Crippen molar-refractivity contribution in [2.45, 2.75) is 19.8 Å². The molecule has 3 heteroatoms. The van der Waals surface area contributed by atoms with Gasteiger partial charge in [-0.1, -0.05) is 12.1 Å². The zero-order valence-electron chi connectivity index (χ0n) is 8.99. The van der Waals surface area contributed by atoms with E-state index in [1.54, 1.807) is 0 Å². The van der Waals surface area contributed by atoms with Gasteiger partial charge in [-0.15, -0.1) is 0 Å². The first kappa shape index (κ1) is 10.0. The Balaban J connectivity index is 2.32. The molecular weight excluding hydrogens is 188 g/mol. The monoisotopic (exact) mass is 204 g/mol. The highest BCUT2D eigenvalue weighted by Gasteiger charge is 2.17. The van der Waals surface area contributed by atoms with Crippen LogP contribution in [0.4, 0.5) is 5.69 Å². The zero-order valence-corrected chi connectivity index (χ0v) is 8.99. The molecule has 0 aliphatic carbocycles. The second kappa shape index (κ2) is 3.93. The molecule has 0 bridgehead atoms. The maximum absolute atomic E-state index is 10.9. The van der Waals surface area contributed by atoms with Gasteiger partial charge in [0.05, 0.1) is 6.54 Å². The van der Waals surface area contributed by atoms with Crippen LogP contribution in [0.25, 0.3) is 0 Å². The number of benzene rings is 1. The van der Waals surface area contributed by atoms with Crippen LogP contribution in [0.2, 0.25) is 0 Å². The van der Waals surface area contributed by atoms with Crippen LogP contribution in [0, 0.1) is 6.92 Å². The summed E-state index contributed by atoms with van der Waals surface area (Å²) in [5.74, 6) is -0.260. The van der Waals surface area contributed by atoms with Gasteiger partial charge in [-0.2, -0.15) is 0 Å². The van der Waals surface area contributed by atoms with Gasteiger partial charge in [0.15, 0.2) is 0 Å². The maximum Gasteiger partial charge on any atom is 0.236 e. The minimum absolute atomic E-state index is 0.260. The summed E-state index contributed by atoms with van der Waals surface area (Å²) in [6.45, 7) is 3.33. The van der Waals surface area contributed by atoms with E-state index in [2.05, 4.69) is 30.0 Å². The molecule has 0 saturated carbocycles. The molecule has 0 aromatic heterocycles. The van der Waals surface area contributed by atoms with Crippen molar-refractivity contribution in [3.63, 3.8) is 0 Å². The molecule has 3 nitrogen and oxygen atoms in total. The van der Waals surface area contributed by atoms with Gasteiger partial charge < -0.3 is 10.6 Å². The number of hydrogen-bond acceptors (Lipinski definition) is 2. The Bertz CT molecular complexity index is 387. The molecular formula is C12H16N2O. The summed E-state index contributed by atoms with van der Waals surface area (Å²) in [4.78, 5) is 13.0. The molecule has 2 rings (SSSR count). The van der Waals surface area contributed by atoms with E-state index in [9.17, 15) is 4.79 Å². The van der Waals surface area contributed by atoms with Gasteiger partial charge in [-0.05, 0) is 37.0 Å². The summed E-state index contributed by atoms with van der Waals surface area (Å²) in [6.07, 6.45) is 2.20. The first-order chi connectivity index (χ1) is 7.16. The lowest BCUT2D eigenvalue weighted by Gasteiger charge is -2.30. The lowest BCUT2D eigenvalue weighted by Crippen LogP contribution is -2.37. The maximum atomic E-state index is 10.9. The number of amides is 1. The van der Waals surface area contributed by atoms with Crippen LogP contribution in [0.5, 0.6) is 0 Å². The number of nitrogens with zero attached hydrogens (tertiary/aromatic N) is 1. The summed E-state index contributed by atoms with van der Waals surface area (Å²) < 4.78 is 0. The second-order valence-corrected chi connectivity index (χ2v) is 4.12. The summed E-state index contributed by atoms with van der Waals surface area (Å²) in [5.41, 5.74) is 8.97. The predicted octanol–water partition coefficient (Wildman–Crippen LogP) is 1.23. The summed E-state index contributed by atoms with van der Waals surface area (Å²) in [6, 6.07) is 6.40. The molecule has 1 heterocycles. The van der Waals surface area contributed by atoms with Crippen LogP contribution in [0.3, 0.4) is 0 Å². The number of primary amides is 1. The van der Waals surface area contributed by atoms with Gasteiger partial charge in [0.1, 0.15) is 0 Å². The van der Waals surface area contributed by atoms with Gasteiger partial charge >= 0.3 is 0 Å². The molecule has 0 fully saturated rings. The molecule has 80 valence electrons. The fourth-order valence-electron chi connectivity index (χ4n) is 2.11. The molecule has 0 radical (unpaired) electrons. The minimum atomic E-state index is -0.260. The Hall–Kier alpha value is -1.51. The van der Waals surface area contributed by atoms with E-state index in [4.69, 9.17) is 5.73 Å². The number of nitrogens with two attached hydrogens (primary N) is 1. The van der Waals surface area contributed by atoms with E-state index in [0.29, 0.717) is 6.54 Å². The van der Waals surface area contributed by atoms with E-state index in [0.717, 1.165) is 19.4 Å². The van der Waals surface area contributed by atoms with Crippen molar-refractivity contribution < 1.29 is 4.79 Å². The Kier molecular flexibility index (Phi) is 2.62.